The van der Waals surface area contributed by atoms with E-state index in [-0.39, 0.29) is 16.4 Å². The van der Waals surface area contributed by atoms with E-state index in [0.717, 1.165) is 10.6 Å². The number of aryl methyl sites for hydroxylation is 1. The van der Waals surface area contributed by atoms with Crippen LogP contribution in [0.3, 0.4) is 0 Å². The third-order valence-corrected chi connectivity index (χ3v) is 5.26. The number of anilines is 1. The predicted octanol–water partition coefficient (Wildman–Crippen LogP) is 3.20. The fraction of sp³-hybridized carbons (Fsp3) is 0.0556. The average Bonchev–Trinajstić information content (AvgIpc) is 3.30. The predicted molar refractivity (Wildman–Crippen MR) is 116 cm³/mol. The number of thiocarbonyl (C=S) groups is 1. The average molecular weight is 439 g/mol. The van der Waals surface area contributed by atoms with Crippen molar-refractivity contribution in [1.82, 2.24) is 25.1 Å². The normalized spacial score (nSPS) is 10.7. The lowest BCUT2D eigenvalue weighted by Gasteiger charge is -2.10. The Kier molecular flexibility index (Phi) is 5.16. The summed E-state index contributed by atoms with van der Waals surface area (Å²) in [7, 11) is 0. The molecule has 0 saturated heterocycles. The zero-order chi connectivity index (χ0) is 21.3. The van der Waals surface area contributed by atoms with Crippen LogP contribution in [0.15, 0.2) is 48.5 Å². The summed E-state index contributed by atoms with van der Waals surface area (Å²) in [6.45, 7) is 1.83. The molecule has 4 rings (SSSR count). The molecule has 2 aromatic heterocycles. The summed E-state index contributed by atoms with van der Waals surface area (Å²) in [5, 5.41) is 29.7. The summed E-state index contributed by atoms with van der Waals surface area (Å²) in [6, 6.07) is 13.0. The van der Waals surface area contributed by atoms with Gasteiger partial charge in [-0.3, -0.25) is 20.2 Å². The van der Waals surface area contributed by atoms with E-state index in [1.807, 2.05) is 19.1 Å². The van der Waals surface area contributed by atoms with Crippen molar-refractivity contribution in [2.24, 2.45) is 0 Å². The van der Waals surface area contributed by atoms with Crippen LogP contribution in [0.1, 0.15) is 16.2 Å². The quantitative estimate of drug-likeness (QED) is 0.282. The second kappa shape index (κ2) is 7.93. The molecule has 0 spiro atoms. The van der Waals surface area contributed by atoms with Crippen molar-refractivity contribution in [3.8, 4) is 10.6 Å². The molecule has 150 valence electrons. The molecule has 10 nitrogen and oxygen atoms in total. The van der Waals surface area contributed by atoms with Crippen LogP contribution >= 0.6 is 23.6 Å². The molecule has 0 bridgehead atoms. The van der Waals surface area contributed by atoms with Crippen LogP contribution < -0.4 is 10.6 Å². The highest BCUT2D eigenvalue weighted by molar-refractivity contribution is 7.80. The van der Waals surface area contributed by atoms with Crippen LogP contribution in [-0.2, 0) is 0 Å². The van der Waals surface area contributed by atoms with Gasteiger partial charge in [-0.2, -0.15) is 9.61 Å². The van der Waals surface area contributed by atoms with Gasteiger partial charge in [0.05, 0.1) is 4.92 Å². The van der Waals surface area contributed by atoms with Gasteiger partial charge < -0.3 is 5.32 Å². The molecule has 2 N–H and O–H groups in total. The van der Waals surface area contributed by atoms with Gasteiger partial charge in [-0.1, -0.05) is 23.5 Å². The number of benzene rings is 2. The summed E-state index contributed by atoms with van der Waals surface area (Å²) in [6.07, 6.45) is 0. The molecule has 0 aliphatic heterocycles. The molecule has 2 aromatic carbocycles. The van der Waals surface area contributed by atoms with Gasteiger partial charge in [0.15, 0.2) is 10.9 Å². The fourth-order valence-electron chi connectivity index (χ4n) is 2.69. The Hall–Kier alpha value is -3.77. The minimum Gasteiger partial charge on any atom is -0.332 e. The Morgan fingerprint density at radius 3 is 2.60 bits per heavy atom. The molecule has 0 fully saturated rings. The summed E-state index contributed by atoms with van der Waals surface area (Å²) >= 11 is 6.57. The van der Waals surface area contributed by atoms with Crippen molar-refractivity contribution in [1.29, 1.82) is 0 Å². The number of carbonyl (C=O) groups is 1. The Morgan fingerprint density at radius 1 is 1.17 bits per heavy atom. The van der Waals surface area contributed by atoms with Gasteiger partial charge in [-0.05, 0) is 49.5 Å². The van der Waals surface area contributed by atoms with Crippen molar-refractivity contribution < 1.29 is 9.72 Å². The van der Waals surface area contributed by atoms with Crippen molar-refractivity contribution in [3.05, 3.63) is 70.0 Å². The summed E-state index contributed by atoms with van der Waals surface area (Å²) in [4.78, 5) is 23.5. The number of nitro groups is 1. The van der Waals surface area contributed by atoms with Gasteiger partial charge in [-0.25, -0.2) is 0 Å². The van der Waals surface area contributed by atoms with Gasteiger partial charge in [-0.15, -0.1) is 10.2 Å². The first-order valence-corrected chi connectivity index (χ1v) is 9.80. The molecule has 4 aromatic rings. The number of nitrogens with one attached hydrogen (secondary N) is 2. The standard InChI is InChI=1S/C18H13N7O3S2/c1-10-21-22-18-24(10)23-16(30-18)11-6-8-12(9-7-11)19-17(29)20-15(26)13-4-2-3-5-14(13)25(27)28/h2-9H,1H3,(H2,19,20,26,29). The maximum absolute atomic E-state index is 12.3. The number of hydrogen-bond acceptors (Lipinski definition) is 8. The van der Waals surface area contributed by atoms with Gasteiger partial charge in [0, 0.05) is 17.3 Å². The highest BCUT2D eigenvalue weighted by Crippen LogP contribution is 2.26. The second-order valence-corrected chi connectivity index (χ2v) is 7.47. The molecule has 1 amide bonds. The van der Waals surface area contributed by atoms with E-state index < -0.39 is 10.8 Å². The minimum absolute atomic E-state index is 0.0281. The van der Waals surface area contributed by atoms with Crippen LogP contribution in [-0.4, -0.2) is 35.8 Å². The minimum atomic E-state index is -0.661. The van der Waals surface area contributed by atoms with Crippen LogP contribution in [0.2, 0.25) is 0 Å². The van der Waals surface area contributed by atoms with E-state index in [1.54, 1.807) is 22.7 Å². The Bertz CT molecular complexity index is 1280. The SMILES string of the molecule is Cc1nnc2sc(-c3ccc(NC(=S)NC(=O)c4ccccc4[N+](=O)[O-])cc3)nn12. The molecular formula is C18H13N7O3S2. The Labute approximate surface area is 178 Å². The van der Waals surface area contributed by atoms with Gasteiger partial charge >= 0.3 is 0 Å². The maximum atomic E-state index is 12.3. The lowest BCUT2D eigenvalue weighted by atomic mass is 10.1. The van der Waals surface area contributed by atoms with Crippen molar-refractivity contribution in [2.45, 2.75) is 6.92 Å². The van der Waals surface area contributed by atoms with E-state index in [4.69, 9.17) is 12.2 Å². The number of fused-ring (bicyclic) bond motifs is 1. The van der Waals surface area contributed by atoms with Crippen LogP contribution in [0.4, 0.5) is 11.4 Å². The molecular weight excluding hydrogens is 426 g/mol. The van der Waals surface area contributed by atoms with Gasteiger partial charge in [0.2, 0.25) is 4.96 Å². The highest BCUT2D eigenvalue weighted by Gasteiger charge is 2.20. The Morgan fingerprint density at radius 2 is 1.90 bits per heavy atom. The molecule has 0 aliphatic rings. The first kappa shape index (κ1) is 19.5. The molecule has 2 heterocycles. The zero-order valence-electron chi connectivity index (χ0n) is 15.4. The van der Waals surface area contributed by atoms with Gasteiger partial charge in [0.25, 0.3) is 11.6 Å². The van der Waals surface area contributed by atoms with E-state index >= 15 is 0 Å². The topological polar surface area (TPSA) is 127 Å². The lowest BCUT2D eigenvalue weighted by Crippen LogP contribution is -2.34. The molecule has 30 heavy (non-hydrogen) atoms. The van der Waals surface area contributed by atoms with E-state index in [2.05, 4.69) is 25.9 Å². The summed E-state index contributed by atoms with van der Waals surface area (Å²) in [5.41, 5.74) is 1.18. The number of amides is 1. The first-order valence-electron chi connectivity index (χ1n) is 8.57. The number of nitrogens with zero attached hydrogens (tertiary/aromatic N) is 5. The highest BCUT2D eigenvalue weighted by atomic mass is 32.1. The van der Waals surface area contributed by atoms with Crippen LogP contribution in [0.25, 0.3) is 15.5 Å². The third-order valence-electron chi connectivity index (χ3n) is 4.11. The Balaban J connectivity index is 1.44. The molecule has 0 atom stereocenters. The number of carbonyl (C=O) groups excluding carboxylic acids is 1. The lowest BCUT2D eigenvalue weighted by molar-refractivity contribution is -0.385. The maximum Gasteiger partial charge on any atom is 0.282 e. The largest absolute Gasteiger partial charge is 0.332 e. The molecule has 0 radical (unpaired) electrons. The van der Waals surface area contributed by atoms with E-state index in [1.165, 1.54) is 29.5 Å². The molecule has 0 saturated carbocycles. The van der Waals surface area contributed by atoms with Crippen molar-refractivity contribution >= 4 is 50.9 Å². The number of hydrogen-bond donors (Lipinski definition) is 2. The first-order chi connectivity index (χ1) is 14.4. The zero-order valence-corrected chi connectivity index (χ0v) is 17.0. The summed E-state index contributed by atoms with van der Waals surface area (Å²) < 4.78 is 1.68. The van der Waals surface area contributed by atoms with E-state index in [9.17, 15) is 14.9 Å². The third kappa shape index (κ3) is 3.86. The number of nitro benzene ring substituents is 1. The monoisotopic (exact) mass is 439 g/mol. The van der Waals surface area contributed by atoms with Crippen LogP contribution in [0, 0.1) is 17.0 Å². The van der Waals surface area contributed by atoms with Crippen molar-refractivity contribution in [3.63, 3.8) is 0 Å². The van der Waals surface area contributed by atoms with Crippen LogP contribution in [0.5, 0.6) is 0 Å². The smallest absolute Gasteiger partial charge is 0.282 e. The van der Waals surface area contributed by atoms with Gasteiger partial charge in [0.1, 0.15) is 10.6 Å². The second-order valence-electron chi connectivity index (χ2n) is 6.11. The molecule has 12 heteroatoms. The summed E-state index contributed by atoms with van der Waals surface area (Å²) in [5.74, 6) is 0.0528. The number of rotatable bonds is 4. The molecule has 0 aliphatic carbocycles. The number of para-hydroxylation sites is 1. The molecule has 0 unspecified atom stereocenters. The van der Waals surface area contributed by atoms with Crippen molar-refractivity contribution in [2.75, 3.05) is 5.32 Å². The number of aromatic nitrogens is 4. The fourth-order valence-corrected chi connectivity index (χ4v) is 3.79. The van der Waals surface area contributed by atoms with E-state index in [0.29, 0.717) is 16.5 Å².